The Labute approximate surface area is 326 Å². The molecule has 42 heavy (non-hydrogen) atoms. The molecule has 0 heterocycles. The summed E-state index contributed by atoms with van der Waals surface area (Å²) in [7, 11) is -21.2. The van der Waals surface area contributed by atoms with E-state index in [4.69, 9.17) is 0 Å². The summed E-state index contributed by atoms with van der Waals surface area (Å²) < 4.78 is 133. The van der Waals surface area contributed by atoms with E-state index in [0.29, 0.717) is 36.4 Å². The number of nitrogens with one attached hydrogen (secondary N) is 1. The standard InChI is InChI=1S/C17H12N2O15S4.4Na/c20-17(10-2-1-8(19(21)22)5-14(10)37(29,30)31)18-12-3-4-13(36(26,27)28)11-6-9(35(23,24)25)7-15(16(11)12)38(32,33)34;;;;/h1-7H,(H,18,20)(H,23,24,25)(H,26,27,28)(H,29,30,31)(H,32,33,34);;;;. The Hall–Kier alpha value is 0.430. The van der Waals surface area contributed by atoms with Crippen molar-refractivity contribution in [2.45, 2.75) is 19.6 Å². The zero-order valence-corrected chi connectivity index (χ0v) is 33.2. The summed E-state index contributed by atoms with van der Waals surface area (Å²) >= 11 is 0. The van der Waals surface area contributed by atoms with E-state index in [1.54, 1.807) is 0 Å². The van der Waals surface area contributed by atoms with Crippen LogP contribution >= 0.6 is 0 Å². The van der Waals surface area contributed by atoms with Crippen molar-refractivity contribution in [1.29, 1.82) is 0 Å². The summed E-state index contributed by atoms with van der Waals surface area (Å²) in [5, 5.41) is 11.1. The van der Waals surface area contributed by atoms with Crippen molar-refractivity contribution in [3.63, 3.8) is 0 Å². The van der Waals surface area contributed by atoms with Gasteiger partial charge >= 0.3 is 0 Å². The second-order valence-corrected chi connectivity index (χ2v) is 12.8. The van der Waals surface area contributed by atoms with Crippen molar-refractivity contribution in [3.8, 4) is 0 Å². The van der Waals surface area contributed by atoms with Crippen LogP contribution in [0.2, 0.25) is 0 Å². The monoisotopic (exact) mass is 704 g/mol. The van der Waals surface area contributed by atoms with E-state index < -0.39 is 98.6 Å². The molecule has 3 aromatic carbocycles. The molecule has 0 fully saturated rings. The van der Waals surface area contributed by atoms with Crippen LogP contribution < -0.4 is 5.32 Å². The molecule has 3 aromatic rings. The van der Waals surface area contributed by atoms with Crippen LogP contribution in [0.5, 0.6) is 0 Å². The molecule has 0 aliphatic heterocycles. The number of nitro benzene ring substituents is 1. The number of non-ortho nitro benzene ring substituents is 1. The Morgan fingerprint density at radius 1 is 0.667 bits per heavy atom. The molecule has 4 radical (unpaired) electrons. The quantitative estimate of drug-likeness (QED) is 0.0894. The average Bonchev–Trinajstić information content (AvgIpc) is 2.75. The molecular weight excluding hydrogens is 692 g/mol. The fourth-order valence-corrected chi connectivity index (χ4v) is 6.04. The molecule has 0 aromatic heterocycles. The first-order valence-corrected chi connectivity index (χ1v) is 15.0. The predicted molar refractivity (Wildman–Crippen MR) is 147 cm³/mol. The van der Waals surface area contributed by atoms with E-state index >= 15 is 0 Å². The van der Waals surface area contributed by atoms with Crippen LogP contribution in [0.3, 0.4) is 0 Å². The zero-order chi connectivity index (χ0) is 29.0. The zero-order valence-electron chi connectivity index (χ0n) is 21.9. The summed E-state index contributed by atoms with van der Waals surface area (Å²) in [5.41, 5.74) is -2.47. The van der Waals surface area contributed by atoms with Gasteiger partial charge in [0.15, 0.2) is 0 Å². The van der Waals surface area contributed by atoms with Crippen LogP contribution in [-0.4, -0.2) is 181 Å². The van der Waals surface area contributed by atoms with Crippen LogP contribution in [0.25, 0.3) is 10.8 Å². The van der Waals surface area contributed by atoms with Crippen LogP contribution in [0.4, 0.5) is 11.4 Å². The fraction of sp³-hybridized carbons (Fsp3) is 0. The molecule has 5 N–H and O–H groups in total. The van der Waals surface area contributed by atoms with Crippen LogP contribution in [0, 0.1) is 10.1 Å². The molecule has 0 bridgehead atoms. The van der Waals surface area contributed by atoms with E-state index in [2.05, 4.69) is 0 Å². The second kappa shape index (κ2) is 15.8. The van der Waals surface area contributed by atoms with Gasteiger partial charge in [0.2, 0.25) is 0 Å². The van der Waals surface area contributed by atoms with Gasteiger partial charge in [0.1, 0.15) is 14.7 Å². The van der Waals surface area contributed by atoms with Crippen molar-refractivity contribution in [2.24, 2.45) is 0 Å². The molecule has 1 amide bonds. The fourth-order valence-electron chi connectivity index (χ4n) is 3.29. The predicted octanol–water partition coefficient (Wildman–Crippen LogP) is -0.536. The molecule has 0 atom stereocenters. The molecular formula is C17H12N2Na4O15S4. The largest absolute Gasteiger partial charge is 0.321 e. The maximum Gasteiger partial charge on any atom is 0.295 e. The third-order valence-corrected chi connectivity index (χ3v) is 8.33. The molecule has 3 rings (SSSR count). The number of hydrogen-bond donors (Lipinski definition) is 5. The summed E-state index contributed by atoms with van der Waals surface area (Å²) in [6.07, 6.45) is 0. The first-order chi connectivity index (χ1) is 17.1. The van der Waals surface area contributed by atoms with Gasteiger partial charge in [-0.05, 0) is 30.3 Å². The smallest absolute Gasteiger partial charge is 0.295 e. The molecule has 0 unspecified atom stereocenters. The number of nitrogens with zero attached hydrogens (tertiary/aromatic N) is 1. The summed E-state index contributed by atoms with van der Waals surface area (Å²) in [6.45, 7) is 0. The van der Waals surface area contributed by atoms with E-state index in [1.807, 2.05) is 5.32 Å². The number of fused-ring (bicyclic) bond motifs is 1. The Morgan fingerprint density at radius 2 is 1.17 bits per heavy atom. The van der Waals surface area contributed by atoms with Gasteiger partial charge in [0.05, 0.1) is 21.1 Å². The van der Waals surface area contributed by atoms with Gasteiger partial charge in [-0.25, -0.2) is 0 Å². The summed E-state index contributed by atoms with van der Waals surface area (Å²) in [5.74, 6) is -1.46. The third-order valence-electron chi connectivity index (χ3n) is 4.81. The Kier molecular flexibility index (Phi) is 16.8. The number of rotatable bonds is 7. The van der Waals surface area contributed by atoms with E-state index in [9.17, 15) is 66.8 Å². The van der Waals surface area contributed by atoms with Gasteiger partial charge < -0.3 is 5.32 Å². The Morgan fingerprint density at radius 3 is 1.60 bits per heavy atom. The van der Waals surface area contributed by atoms with Gasteiger partial charge in [0, 0.05) is 141 Å². The van der Waals surface area contributed by atoms with Gasteiger partial charge in [-0.15, -0.1) is 0 Å². The Bertz CT molecular complexity index is 2000. The minimum absolute atomic E-state index is 0. The normalized spacial score (nSPS) is 11.6. The van der Waals surface area contributed by atoms with Crippen LogP contribution in [0.1, 0.15) is 10.4 Å². The Balaban J connectivity index is 0. The van der Waals surface area contributed by atoms with Gasteiger partial charge in [0.25, 0.3) is 52.1 Å². The number of carbonyl (C=O) groups excluding carboxylic acids is 1. The topological polar surface area (TPSA) is 290 Å². The number of carbonyl (C=O) groups is 1. The SMILES string of the molecule is O=C(Nc1ccc(S(=O)(=O)O)c2cc(S(=O)(=O)O)cc(S(=O)(=O)O)c12)c1ccc([N+](=O)[O-])cc1S(=O)(=O)O.[Na].[Na].[Na].[Na]. The van der Waals surface area contributed by atoms with Crippen LogP contribution in [-0.2, 0) is 40.5 Å². The van der Waals surface area contributed by atoms with Crippen LogP contribution in [0.15, 0.2) is 62.0 Å². The molecule has 0 saturated heterocycles. The average molecular weight is 705 g/mol. The number of benzene rings is 3. The van der Waals surface area contributed by atoms with Crippen molar-refractivity contribution in [3.05, 3.63) is 58.1 Å². The first kappa shape index (κ1) is 44.6. The minimum atomic E-state index is -5.46. The molecule has 0 aliphatic rings. The first-order valence-electron chi connectivity index (χ1n) is 9.23. The van der Waals surface area contributed by atoms with Gasteiger partial charge in [-0.1, -0.05) is 0 Å². The molecule has 25 heteroatoms. The number of amides is 1. The molecule has 0 aliphatic carbocycles. The number of nitro groups is 1. The van der Waals surface area contributed by atoms with Crippen molar-refractivity contribution >= 4 is 187 Å². The second-order valence-electron chi connectivity index (χ2n) is 7.25. The van der Waals surface area contributed by atoms with Gasteiger partial charge in [-0.3, -0.25) is 33.1 Å². The molecule has 0 saturated carbocycles. The van der Waals surface area contributed by atoms with Crippen molar-refractivity contribution in [1.82, 2.24) is 0 Å². The molecule has 208 valence electrons. The van der Waals surface area contributed by atoms with E-state index in [1.165, 1.54) is 0 Å². The molecule has 17 nitrogen and oxygen atoms in total. The summed E-state index contributed by atoms with van der Waals surface area (Å²) in [6, 6.07) is 3.47. The maximum atomic E-state index is 12.9. The van der Waals surface area contributed by atoms with Crippen molar-refractivity contribution in [2.75, 3.05) is 5.32 Å². The summed E-state index contributed by atoms with van der Waals surface area (Å²) in [4.78, 5) is 17.8. The van der Waals surface area contributed by atoms with Crippen molar-refractivity contribution < 1.29 is 61.6 Å². The maximum absolute atomic E-state index is 12.9. The third kappa shape index (κ3) is 10.2. The minimum Gasteiger partial charge on any atom is -0.321 e. The van der Waals surface area contributed by atoms with Gasteiger partial charge in [-0.2, -0.15) is 33.7 Å². The molecule has 0 spiro atoms. The van der Waals surface area contributed by atoms with E-state index in [0.717, 1.165) is 0 Å². The van der Waals surface area contributed by atoms with E-state index in [-0.39, 0.29) is 124 Å². The number of anilines is 1. The number of hydrogen-bond acceptors (Lipinski definition) is 11.